The zero-order chi connectivity index (χ0) is 18.1. The number of aromatic nitrogens is 4. The zero-order valence-electron chi connectivity index (χ0n) is 14.5. The molecule has 0 aromatic carbocycles. The molecule has 0 aliphatic rings. The third-order valence-electron chi connectivity index (χ3n) is 3.93. The number of fused-ring (bicyclic) bond motifs is 1. The van der Waals surface area contributed by atoms with Gasteiger partial charge in [-0.2, -0.15) is 0 Å². The van der Waals surface area contributed by atoms with Crippen LogP contribution >= 0.6 is 11.3 Å². The number of hydrogen-bond donors (Lipinski definition) is 1. The highest BCUT2D eigenvalue weighted by Crippen LogP contribution is 2.28. The summed E-state index contributed by atoms with van der Waals surface area (Å²) < 4.78 is 5.53. The zero-order valence-corrected chi connectivity index (χ0v) is 15.3. The molecule has 0 aliphatic heterocycles. The van der Waals surface area contributed by atoms with Crippen LogP contribution in [-0.4, -0.2) is 37.0 Å². The van der Waals surface area contributed by atoms with Crippen LogP contribution in [0.3, 0.4) is 0 Å². The van der Waals surface area contributed by atoms with Crippen LogP contribution in [0.1, 0.15) is 47.8 Å². The lowest BCUT2D eigenvalue weighted by atomic mass is 10.2. The van der Waals surface area contributed by atoms with Gasteiger partial charge in [0.1, 0.15) is 4.83 Å². The van der Waals surface area contributed by atoms with Crippen LogP contribution in [0.25, 0.3) is 10.2 Å². The molecule has 3 heterocycles. The molecule has 0 saturated heterocycles. The van der Waals surface area contributed by atoms with Gasteiger partial charge in [0.2, 0.25) is 11.8 Å². The van der Waals surface area contributed by atoms with E-state index in [1.54, 1.807) is 11.8 Å². The minimum absolute atomic E-state index is 0.0691. The lowest BCUT2D eigenvalue weighted by Crippen LogP contribution is -2.36. The van der Waals surface area contributed by atoms with Crippen LogP contribution in [0.4, 0.5) is 0 Å². The van der Waals surface area contributed by atoms with Gasteiger partial charge in [0.05, 0.1) is 23.1 Å². The van der Waals surface area contributed by atoms with Crippen molar-refractivity contribution in [3.63, 3.8) is 0 Å². The van der Waals surface area contributed by atoms with Gasteiger partial charge in [0, 0.05) is 12.5 Å². The minimum Gasteiger partial charge on any atom is -0.423 e. The molecule has 132 valence electrons. The molecule has 0 aliphatic carbocycles. The number of nitrogens with one attached hydrogen (secondary N) is 1. The van der Waals surface area contributed by atoms with Gasteiger partial charge >= 0.3 is 0 Å². The van der Waals surface area contributed by atoms with Crippen LogP contribution in [0.5, 0.6) is 0 Å². The van der Waals surface area contributed by atoms with E-state index in [9.17, 15) is 9.59 Å². The van der Waals surface area contributed by atoms with Crippen molar-refractivity contribution in [3.05, 3.63) is 38.9 Å². The predicted molar refractivity (Wildman–Crippen MR) is 93.7 cm³/mol. The van der Waals surface area contributed by atoms with Crippen molar-refractivity contribution in [2.24, 2.45) is 0 Å². The van der Waals surface area contributed by atoms with Crippen molar-refractivity contribution in [2.45, 2.75) is 46.7 Å². The number of hydrogen-bond acceptors (Lipinski definition) is 7. The molecule has 3 aromatic heterocycles. The van der Waals surface area contributed by atoms with Crippen LogP contribution in [-0.2, 0) is 13.0 Å². The number of rotatable bonds is 5. The molecule has 0 spiro atoms. The molecule has 0 unspecified atom stereocenters. The molecule has 0 saturated carbocycles. The summed E-state index contributed by atoms with van der Waals surface area (Å²) in [6.45, 7) is 7.75. The number of aromatic amines is 1. The second-order valence-electron chi connectivity index (χ2n) is 5.94. The SMILES string of the molecule is CCc1nnc(CN(C(=O)c2sc3nc[nH]c(=O)c3c2C)C(C)C)o1. The largest absolute Gasteiger partial charge is 0.423 e. The topological polar surface area (TPSA) is 105 Å². The monoisotopic (exact) mass is 361 g/mol. The lowest BCUT2D eigenvalue weighted by molar-refractivity contribution is 0.0675. The van der Waals surface area contributed by atoms with Crippen molar-refractivity contribution in [2.75, 3.05) is 0 Å². The summed E-state index contributed by atoms with van der Waals surface area (Å²) in [6.07, 6.45) is 1.99. The average molecular weight is 361 g/mol. The molecule has 1 N–H and O–H groups in total. The van der Waals surface area contributed by atoms with Crippen molar-refractivity contribution >= 4 is 27.5 Å². The van der Waals surface area contributed by atoms with E-state index in [0.717, 1.165) is 0 Å². The molecule has 0 bridgehead atoms. The molecule has 1 amide bonds. The Labute approximate surface area is 147 Å². The number of nitrogens with zero attached hydrogens (tertiary/aromatic N) is 4. The highest BCUT2D eigenvalue weighted by molar-refractivity contribution is 7.20. The van der Waals surface area contributed by atoms with E-state index in [-0.39, 0.29) is 24.1 Å². The highest BCUT2D eigenvalue weighted by Gasteiger charge is 2.26. The maximum absolute atomic E-state index is 13.1. The number of carbonyl (C=O) groups is 1. The second-order valence-corrected chi connectivity index (χ2v) is 6.94. The van der Waals surface area contributed by atoms with Crippen molar-refractivity contribution < 1.29 is 9.21 Å². The number of carbonyl (C=O) groups excluding carboxylic acids is 1. The maximum Gasteiger partial charge on any atom is 0.264 e. The standard InChI is InChI=1S/C16H19N5O3S/c1-5-10-19-20-11(24-10)6-21(8(2)3)16(23)13-9(4)12-14(22)17-7-18-15(12)25-13/h7-8H,5-6H2,1-4H3,(H,17,18,22). The number of thiophene rings is 1. The first-order valence-corrected chi connectivity index (χ1v) is 8.83. The highest BCUT2D eigenvalue weighted by atomic mass is 32.1. The third kappa shape index (κ3) is 3.19. The fourth-order valence-corrected chi connectivity index (χ4v) is 3.65. The Morgan fingerprint density at radius 1 is 1.36 bits per heavy atom. The second kappa shape index (κ2) is 6.75. The Morgan fingerprint density at radius 2 is 2.08 bits per heavy atom. The van der Waals surface area contributed by atoms with Crippen LogP contribution in [0.15, 0.2) is 15.5 Å². The summed E-state index contributed by atoms with van der Waals surface area (Å²) in [5.41, 5.74) is 0.406. The van der Waals surface area contributed by atoms with Gasteiger partial charge in [-0.1, -0.05) is 6.92 Å². The first-order valence-electron chi connectivity index (χ1n) is 8.01. The average Bonchev–Trinajstić information content (AvgIpc) is 3.17. The Kier molecular flexibility index (Phi) is 4.67. The summed E-state index contributed by atoms with van der Waals surface area (Å²) in [5, 5.41) is 8.39. The molecule has 0 radical (unpaired) electrons. The third-order valence-corrected chi connectivity index (χ3v) is 5.12. The molecule has 8 nitrogen and oxygen atoms in total. The number of H-pyrrole nitrogens is 1. The van der Waals surface area contributed by atoms with Gasteiger partial charge in [-0.05, 0) is 26.3 Å². The van der Waals surface area contributed by atoms with Crippen LogP contribution in [0.2, 0.25) is 0 Å². The predicted octanol–water partition coefficient (Wildman–Crippen LogP) is 2.29. The molecule has 0 atom stereocenters. The Hall–Kier alpha value is -2.55. The van der Waals surface area contributed by atoms with Gasteiger partial charge in [0.25, 0.3) is 11.5 Å². The van der Waals surface area contributed by atoms with Gasteiger partial charge < -0.3 is 14.3 Å². The summed E-state index contributed by atoms with van der Waals surface area (Å²) in [4.78, 5) is 34.5. The van der Waals surface area contributed by atoms with E-state index in [2.05, 4.69) is 20.2 Å². The van der Waals surface area contributed by atoms with Crippen LogP contribution < -0.4 is 5.56 Å². The molecular weight excluding hydrogens is 342 g/mol. The summed E-state index contributed by atoms with van der Waals surface area (Å²) in [5.74, 6) is 0.764. The van der Waals surface area contributed by atoms with E-state index >= 15 is 0 Å². The Morgan fingerprint density at radius 3 is 2.68 bits per heavy atom. The van der Waals surface area contributed by atoms with Crippen molar-refractivity contribution in [1.82, 2.24) is 25.1 Å². The minimum atomic E-state index is -0.238. The molecular formula is C16H19N5O3S. The summed E-state index contributed by atoms with van der Waals surface area (Å²) >= 11 is 1.22. The van der Waals surface area contributed by atoms with E-state index in [1.807, 2.05) is 20.8 Å². The first-order chi connectivity index (χ1) is 11.9. The molecule has 0 fully saturated rings. The van der Waals surface area contributed by atoms with Crippen LogP contribution in [0, 0.1) is 6.92 Å². The van der Waals surface area contributed by atoms with Crippen molar-refractivity contribution in [1.29, 1.82) is 0 Å². The fraction of sp³-hybridized carbons (Fsp3) is 0.438. The summed E-state index contributed by atoms with van der Waals surface area (Å²) in [6, 6.07) is -0.0691. The van der Waals surface area contributed by atoms with E-state index in [0.29, 0.717) is 38.9 Å². The van der Waals surface area contributed by atoms with Gasteiger partial charge in [-0.15, -0.1) is 21.5 Å². The summed E-state index contributed by atoms with van der Waals surface area (Å²) in [7, 11) is 0. The first kappa shape index (κ1) is 17.3. The van der Waals surface area contributed by atoms with Crippen molar-refractivity contribution in [3.8, 4) is 0 Å². The van der Waals surface area contributed by atoms with Gasteiger partial charge in [0.15, 0.2) is 0 Å². The lowest BCUT2D eigenvalue weighted by Gasteiger charge is -2.24. The van der Waals surface area contributed by atoms with E-state index in [4.69, 9.17) is 4.42 Å². The van der Waals surface area contributed by atoms with Gasteiger partial charge in [-0.25, -0.2) is 4.98 Å². The van der Waals surface area contributed by atoms with Gasteiger partial charge in [-0.3, -0.25) is 9.59 Å². The number of aryl methyl sites for hydroxylation is 2. The fourth-order valence-electron chi connectivity index (χ4n) is 2.54. The smallest absolute Gasteiger partial charge is 0.264 e. The normalized spacial score (nSPS) is 11.4. The quantitative estimate of drug-likeness (QED) is 0.747. The van der Waals surface area contributed by atoms with E-state index < -0.39 is 0 Å². The Balaban J connectivity index is 1.97. The van der Waals surface area contributed by atoms with E-state index in [1.165, 1.54) is 17.7 Å². The number of amides is 1. The Bertz CT molecular complexity index is 972. The molecule has 9 heteroatoms. The molecule has 25 heavy (non-hydrogen) atoms. The maximum atomic E-state index is 13.1. The molecule has 3 rings (SSSR count). The molecule has 3 aromatic rings.